The van der Waals surface area contributed by atoms with Crippen molar-refractivity contribution in [2.75, 3.05) is 11.9 Å². The van der Waals surface area contributed by atoms with Gasteiger partial charge in [0.15, 0.2) is 0 Å². The van der Waals surface area contributed by atoms with Gasteiger partial charge in [-0.2, -0.15) is 0 Å². The molecular formula is C15H16BrClN2. The summed E-state index contributed by atoms with van der Waals surface area (Å²) < 4.78 is 1.09. The Hall–Kier alpha value is -1.03. The molecule has 2 rings (SSSR count). The van der Waals surface area contributed by atoms with E-state index in [1.807, 2.05) is 24.3 Å². The molecule has 3 N–H and O–H groups in total. The lowest BCUT2D eigenvalue weighted by atomic mass is 10.0. The molecule has 0 spiro atoms. The number of hydrogen-bond acceptors (Lipinski definition) is 2. The van der Waals surface area contributed by atoms with Crippen LogP contribution in [0.2, 0.25) is 5.02 Å². The number of aryl methyl sites for hydroxylation is 1. The average Bonchev–Trinajstić information content (AvgIpc) is 2.41. The van der Waals surface area contributed by atoms with Gasteiger partial charge >= 0.3 is 0 Å². The van der Waals surface area contributed by atoms with E-state index in [-0.39, 0.29) is 6.04 Å². The highest BCUT2D eigenvalue weighted by molar-refractivity contribution is 9.10. The largest absolute Gasteiger partial charge is 0.376 e. The Morgan fingerprint density at radius 2 is 2.00 bits per heavy atom. The topological polar surface area (TPSA) is 38.0 Å². The number of para-hydroxylation sites is 1. The predicted octanol–water partition coefficient (Wildman–Crippen LogP) is 4.52. The summed E-state index contributed by atoms with van der Waals surface area (Å²) in [5, 5.41) is 4.08. The van der Waals surface area contributed by atoms with E-state index < -0.39 is 0 Å². The summed E-state index contributed by atoms with van der Waals surface area (Å²) >= 11 is 9.71. The zero-order valence-corrected chi connectivity index (χ0v) is 13.0. The van der Waals surface area contributed by atoms with Crippen LogP contribution in [0, 0.1) is 6.92 Å². The normalized spacial score (nSPS) is 12.2. The van der Waals surface area contributed by atoms with Crippen LogP contribution in [0.25, 0.3) is 0 Å². The van der Waals surface area contributed by atoms with E-state index in [4.69, 9.17) is 17.3 Å². The standard InChI is InChI=1S/C15H16BrClN2/c1-10-6-7-11(8-12(10)16)15(9-18)19-14-5-3-2-4-13(14)17/h2-8,15,19H,9,18H2,1H3. The monoisotopic (exact) mass is 338 g/mol. The Balaban J connectivity index is 2.25. The van der Waals surface area contributed by atoms with Gasteiger partial charge in [-0.1, -0.05) is 51.8 Å². The van der Waals surface area contributed by atoms with Crippen molar-refractivity contribution in [3.63, 3.8) is 0 Å². The first kappa shape index (κ1) is 14.4. The summed E-state index contributed by atoms with van der Waals surface area (Å²) in [6, 6.07) is 14.0. The third kappa shape index (κ3) is 3.50. The van der Waals surface area contributed by atoms with Crippen molar-refractivity contribution in [2.24, 2.45) is 5.73 Å². The molecule has 1 unspecified atom stereocenters. The maximum Gasteiger partial charge on any atom is 0.0637 e. The summed E-state index contributed by atoms with van der Waals surface area (Å²) in [5.74, 6) is 0. The van der Waals surface area contributed by atoms with Crippen molar-refractivity contribution >= 4 is 33.2 Å². The van der Waals surface area contributed by atoms with Crippen LogP contribution in [-0.2, 0) is 0 Å². The summed E-state index contributed by atoms with van der Waals surface area (Å²) in [6.45, 7) is 2.56. The van der Waals surface area contributed by atoms with E-state index >= 15 is 0 Å². The van der Waals surface area contributed by atoms with Crippen LogP contribution in [0.15, 0.2) is 46.9 Å². The Morgan fingerprint density at radius 1 is 1.26 bits per heavy atom. The number of nitrogens with two attached hydrogens (primary N) is 1. The molecule has 0 aromatic heterocycles. The highest BCUT2D eigenvalue weighted by atomic mass is 79.9. The van der Waals surface area contributed by atoms with Gasteiger partial charge in [0.2, 0.25) is 0 Å². The van der Waals surface area contributed by atoms with Crippen molar-refractivity contribution in [3.8, 4) is 0 Å². The molecule has 0 aliphatic heterocycles. The Labute approximate surface area is 127 Å². The summed E-state index contributed by atoms with van der Waals surface area (Å²) in [6.07, 6.45) is 0. The summed E-state index contributed by atoms with van der Waals surface area (Å²) in [4.78, 5) is 0. The van der Waals surface area contributed by atoms with Gasteiger partial charge < -0.3 is 11.1 Å². The second kappa shape index (κ2) is 6.42. The molecule has 100 valence electrons. The van der Waals surface area contributed by atoms with Crippen LogP contribution < -0.4 is 11.1 Å². The highest BCUT2D eigenvalue weighted by Crippen LogP contribution is 2.27. The van der Waals surface area contributed by atoms with E-state index in [1.54, 1.807) is 0 Å². The fraction of sp³-hybridized carbons (Fsp3) is 0.200. The smallest absolute Gasteiger partial charge is 0.0637 e. The molecule has 1 atom stereocenters. The zero-order chi connectivity index (χ0) is 13.8. The van der Waals surface area contributed by atoms with Crippen LogP contribution in [0.4, 0.5) is 5.69 Å². The van der Waals surface area contributed by atoms with Crippen molar-refractivity contribution in [2.45, 2.75) is 13.0 Å². The predicted molar refractivity (Wildman–Crippen MR) is 85.7 cm³/mol. The maximum absolute atomic E-state index is 6.16. The molecule has 2 aromatic rings. The summed E-state index contributed by atoms with van der Waals surface area (Å²) in [7, 11) is 0. The third-order valence-corrected chi connectivity index (χ3v) is 4.22. The first-order chi connectivity index (χ1) is 9.11. The second-order valence-corrected chi connectivity index (χ2v) is 5.68. The van der Waals surface area contributed by atoms with E-state index in [9.17, 15) is 0 Å². The Bertz CT molecular complexity index is 572. The lowest BCUT2D eigenvalue weighted by molar-refractivity contribution is 0.789. The summed E-state index contributed by atoms with van der Waals surface area (Å²) in [5.41, 5.74) is 9.11. The van der Waals surface area contributed by atoms with E-state index in [0.29, 0.717) is 11.6 Å². The minimum atomic E-state index is 0.0387. The molecule has 0 radical (unpaired) electrons. The highest BCUT2D eigenvalue weighted by Gasteiger charge is 2.11. The lowest BCUT2D eigenvalue weighted by Crippen LogP contribution is -2.20. The molecule has 0 heterocycles. The second-order valence-electron chi connectivity index (χ2n) is 4.42. The Morgan fingerprint density at radius 3 is 2.63 bits per heavy atom. The molecule has 0 fully saturated rings. The fourth-order valence-electron chi connectivity index (χ4n) is 1.87. The Kier molecular flexibility index (Phi) is 4.86. The number of halogens is 2. The van der Waals surface area contributed by atoms with Crippen LogP contribution >= 0.6 is 27.5 Å². The molecule has 0 aliphatic rings. The molecule has 2 aromatic carbocycles. The number of hydrogen-bond donors (Lipinski definition) is 2. The molecule has 0 amide bonds. The van der Waals surface area contributed by atoms with Crippen molar-refractivity contribution in [3.05, 3.63) is 63.1 Å². The minimum absolute atomic E-state index is 0.0387. The lowest BCUT2D eigenvalue weighted by Gasteiger charge is -2.20. The first-order valence-electron chi connectivity index (χ1n) is 6.09. The van der Waals surface area contributed by atoms with Crippen molar-refractivity contribution in [1.29, 1.82) is 0 Å². The van der Waals surface area contributed by atoms with E-state index in [0.717, 1.165) is 15.7 Å². The van der Waals surface area contributed by atoms with Crippen LogP contribution in [0.3, 0.4) is 0 Å². The van der Waals surface area contributed by atoms with Gasteiger partial charge in [-0.05, 0) is 36.2 Å². The van der Waals surface area contributed by atoms with Gasteiger partial charge in [0.1, 0.15) is 0 Å². The molecule has 19 heavy (non-hydrogen) atoms. The van der Waals surface area contributed by atoms with Crippen molar-refractivity contribution in [1.82, 2.24) is 0 Å². The fourth-order valence-corrected chi connectivity index (χ4v) is 2.46. The minimum Gasteiger partial charge on any atom is -0.376 e. The average molecular weight is 340 g/mol. The van der Waals surface area contributed by atoms with Gasteiger partial charge in [0, 0.05) is 11.0 Å². The van der Waals surface area contributed by atoms with E-state index in [2.05, 4.69) is 46.4 Å². The van der Waals surface area contributed by atoms with Gasteiger partial charge in [0.25, 0.3) is 0 Å². The quantitative estimate of drug-likeness (QED) is 0.859. The van der Waals surface area contributed by atoms with Gasteiger partial charge in [-0.25, -0.2) is 0 Å². The number of benzene rings is 2. The SMILES string of the molecule is Cc1ccc(C(CN)Nc2ccccc2Cl)cc1Br. The number of anilines is 1. The zero-order valence-electron chi connectivity index (χ0n) is 10.7. The molecule has 0 aliphatic carbocycles. The van der Waals surface area contributed by atoms with Crippen molar-refractivity contribution < 1.29 is 0 Å². The first-order valence-corrected chi connectivity index (χ1v) is 7.26. The molecular weight excluding hydrogens is 324 g/mol. The number of nitrogens with one attached hydrogen (secondary N) is 1. The number of rotatable bonds is 4. The molecule has 2 nitrogen and oxygen atoms in total. The van der Waals surface area contributed by atoms with E-state index in [1.165, 1.54) is 5.56 Å². The van der Waals surface area contributed by atoms with Gasteiger partial charge in [0.05, 0.1) is 16.8 Å². The van der Waals surface area contributed by atoms with Crippen LogP contribution in [0.1, 0.15) is 17.2 Å². The molecule has 0 bridgehead atoms. The molecule has 4 heteroatoms. The third-order valence-electron chi connectivity index (χ3n) is 3.04. The molecule has 0 saturated heterocycles. The van der Waals surface area contributed by atoms with Gasteiger partial charge in [-0.3, -0.25) is 0 Å². The maximum atomic E-state index is 6.16. The van der Waals surface area contributed by atoms with Crippen LogP contribution in [-0.4, -0.2) is 6.54 Å². The molecule has 0 saturated carbocycles. The van der Waals surface area contributed by atoms with Gasteiger partial charge in [-0.15, -0.1) is 0 Å². The van der Waals surface area contributed by atoms with Crippen LogP contribution in [0.5, 0.6) is 0 Å².